The van der Waals surface area contributed by atoms with Gasteiger partial charge in [-0.15, -0.1) is 24.8 Å². The second-order valence-corrected chi connectivity index (χ2v) is 7.84. The molecule has 1 atom stereocenters. The van der Waals surface area contributed by atoms with E-state index < -0.39 is 0 Å². The van der Waals surface area contributed by atoms with Gasteiger partial charge in [0.05, 0.1) is 5.69 Å². The van der Waals surface area contributed by atoms with E-state index in [4.69, 9.17) is 10.1 Å². The van der Waals surface area contributed by atoms with Gasteiger partial charge in [0.25, 0.3) is 0 Å². The molecule has 2 aromatic heterocycles. The van der Waals surface area contributed by atoms with Crippen LogP contribution in [-0.2, 0) is 11.2 Å². The van der Waals surface area contributed by atoms with Crippen molar-refractivity contribution >= 4 is 36.4 Å². The summed E-state index contributed by atoms with van der Waals surface area (Å²) < 4.78 is 1.96. The third-order valence-electron chi connectivity index (χ3n) is 5.98. The van der Waals surface area contributed by atoms with E-state index in [1.807, 2.05) is 11.4 Å². The number of halogens is 2. The van der Waals surface area contributed by atoms with Crippen LogP contribution in [0, 0.1) is 13.8 Å². The molecular weight excluding hydrogens is 397 g/mol. The summed E-state index contributed by atoms with van der Waals surface area (Å²) in [4.78, 5) is 17.0. The highest BCUT2D eigenvalue weighted by atomic mass is 35.5. The zero-order chi connectivity index (χ0) is 18.1. The minimum atomic E-state index is 0. The van der Waals surface area contributed by atoms with Crippen LogP contribution >= 0.6 is 24.8 Å². The Bertz CT molecular complexity index is 811. The van der Waals surface area contributed by atoms with Gasteiger partial charge in [-0.2, -0.15) is 5.10 Å². The molecule has 0 radical (unpaired) electrons. The molecule has 1 amide bonds. The van der Waals surface area contributed by atoms with E-state index >= 15 is 0 Å². The van der Waals surface area contributed by atoms with Gasteiger partial charge in [-0.1, -0.05) is 12.8 Å². The smallest absolute Gasteiger partial charge is 0.220 e. The number of hydrogen-bond acceptors (Lipinski definition) is 4. The van der Waals surface area contributed by atoms with Gasteiger partial charge in [0.2, 0.25) is 5.91 Å². The number of nitrogens with zero attached hydrogens (tertiary/aromatic N) is 3. The van der Waals surface area contributed by atoms with Gasteiger partial charge in [0, 0.05) is 42.4 Å². The van der Waals surface area contributed by atoms with E-state index in [2.05, 4.69) is 23.6 Å². The van der Waals surface area contributed by atoms with Gasteiger partial charge in [-0.05, 0) is 51.6 Å². The van der Waals surface area contributed by atoms with Gasteiger partial charge < -0.3 is 10.6 Å². The molecule has 1 aliphatic heterocycles. The van der Waals surface area contributed by atoms with Crippen molar-refractivity contribution in [3.8, 4) is 0 Å². The summed E-state index contributed by atoms with van der Waals surface area (Å²) in [6.07, 6.45) is 7.11. The molecule has 156 valence electrons. The van der Waals surface area contributed by atoms with E-state index in [1.165, 1.54) is 12.8 Å². The predicted octanol–water partition coefficient (Wildman–Crippen LogP) is 3.26. The number of aromatic nitrogens is 3. The maximum atomic E-state index is 12.3. The zero-order valence-electron chi connectivity index (χ0n) is 16.7. The zero-order valence-corrected chi connectivity index (χ0v) is 18.3. The summed E-state index contributed by atoms with van der Waals surface area (Å²) in [5.41, 5.74) is 5.32. The van der Waals surface area contributed by atoms with E-state index in [0.29, 0.717) is 18.4 Å². The number of fused-ring (bicyclic) bond motifs is 1. The molecule has 0 bridgehead atoms. The fraction of sp³-hybridized carbons (Fsp3) is 0.650. The van der Waals surface area contributed by atoms with Crippen molar-refractivity contribution in [2.75, 3.05) is 13.1 Å². The minimum absolute atomic E-state index is 0. The van der Waals surface area contributed by atoms with Crippen LogP contribution in [0.25, 0.3) is 5.65 Å². The van der Waals surface area contributed by atoms with E-state index in [0.717, 1.165) is 67.1 Å². The van der Waals surface area contributed by atoms with Gasteiger partial charge in [0.15, 0.2) is 5.65 Å². The maximum Gasteiger partial charge on any atom is 0.220 e. The molecule has 2 N–H and O–H groups in total. The van der Waals surface area contributed by atoms with Crippen LogP contribution in [-0.4, -0.2) is 39.6 Å². The lowest BCUT2D eigenvalue weighted by molar-refractivity contribution is -0.121. The second kappa shape index (κ2) is 9.90. The normalized spacial score (nSPS) is 19.4. The van der Waals surface area contributed by atoms with Crippen molar-refractivity contribution in [1.29, 1.82) is 0 Å². The van der Waals surface area contributed by atoms with Crippen LogP contribution in [0.3, 0.4) is 0 Å². The van der Waals surface area contributed by atoms with Crippen LogP contribution in [0.5, 0.6) is 0 Å². The molecule has 8 heteroatoms. The highest BCUT2D eigenvalue weighted by molar-refractivity contribution is 5.85. The fourth-order valence-corrected chi connectivity index (χ4v) is 4.42. The van der Waals surface area contributed by atoms with Crippen molar-refractivity contribution in [2.45, 2.75) is 70.8 Å². The standard InChI is InChI=1S/C20H29N5O.2ClH/c1-13-17(7-8-20(26)23-16-5-3-4-6-16)14(2)25-19(22-13)11-18(24-25)15-9-10-21-12-15;;/h11,15-16,21H,3-10,12H2,1-2H3,(H,23,26);2*1H. The molecule has 3 heterocycles. The number of nitrogens with one attached hydrogen (secondary N) is 2. The summed E-state index contributed by atoms with van der Waals surface area (Å²) in [5, 5.41) is 11.4. The van der Waals surface area contributed by atoms with E-state index in [1.54, 1.807) is 0 Å². The Hall–Kier alpha value is -1.37. The molecule has 4 rings (SSSR count). The van der Waals surface area contributed by atoms with E-state index in [-0.39, 0.29) is 30.7 Å². The average Bonchev–Trinajstić information content (AvgIpc) is 3.35. The summed E-state index contributed by atoms with van der Waals surface area (Å²) in [7, 11) is 0. The molecule has 1 unspecified atom stereocenters. The van der Waals surface area contributed by atoms with Crippen LogP contribution in [0.2, 0.25) is 0 Å². The van der Waals surface area contributed by atoms with Crippen molar-refractivity contribution in [1.82, 2.24) is 25.2 Å². The highest BCUT2D eigenvalue weighted by Gasteiger charge is 2.22. The van der Waals surface area contributed by atoms with Crippen LogP contribution in [0.1, 0.15) is 67.1 Å². The van der Waals surface area contributed by atoms with Gasteiger partial charge in [0.1, 0.15) is 0 Å². The van der Waals surface area contributed by atoms with Crippen molar-refractivity contribution < 1.29 is 4.79 Å². The van der Waals surface area contributed by atoms with E-state index in [9.17, 15) is 4.79 Å². The average molecular weight is 428 g/mol. The summed E-state index contributed by atoms with van der Waals surface area (Å²) in [6.45, 7) is 6.19. The molecule has 1 aliphatic carbocycles. The number of aryl methyl sites for hydroxylation is 2. The number of hydrogen-bond donors (Lipinski definition) is 2. The van der Waals surface area contributed by atoms with Crippen LogP contribution in [0.15, 0.2) is 6.07 Å². The Balaban J connectivity index is 0.00000140. The Kier molecular flexibility index (Phi) is 8.10. The van der Waals surface area contributed by atoms with Gasteiger partial charge in [-0.25, -0.2) is 9.50 Å². The molecular formula is C20H31Cl2N5O. The molecule has 1 saturated heterocycles. The van der Waals surface area contributed by atoms with Crippen molar-refractivity contribution in [3.63, 3.8) is 0 Å². The predicted molar refractivity (Wildman–Crippen MR) is 116 cm³/mol. The van der Waals surface area contributed by atoms with Gasteiger partial charge >= 0.3 is 0 Å². The molecule has 2 aromatic rings. The Morgan fingerprint density at radius 3 is 2.68 bits per heavy atom. The fourth-order valence-electron chi connectivity index (χ4n) is 4.42. The second-order valence-electron chi connectivity index (χ2n) is 7.84. The number of amides is 1. The lowest BCUT2D eigenvalue weighted by Crippen LogP contribution is -2.32. The lowest BCUT2D eigenvalue weighted by atomic mass is 10.1. The maximum absolute atomic E-state index is 12.3. The number of rotatable bonds is 5. The Morgan fingerprint density at radius 2 is 2.00 bits per heavy atom. The van der Waals surface area contributed by atoms with Crippen LogP contribution in [0.4, 0.5) is 0 Å². The molecule has 2 fully saturated rings. The first-order chi connectivity index (χ1) is 12.6. The Morgan fingerprint density at radius 1 is 1.25 bits per heavy atom. The van der Waals surface area contributed by atoms with Crippen molar-refractivity contribution in [3.05, 3.63) is 28.7 Å². The molecule has 0 spiro atoms. The highest BCUT2D eigenvalue weighted by Crippen LogP contribution is 2.24. The topological polar surface area (TPSA) is 71.3 Å². The lowest BCUT2D eigenvalue weighted by Gasteiger charge is -2.13. The molecule has 2 aliphatic rings. The first-order valence-corrected chi connectivity index (χ1v) is 9.97. The van der Waals surface area contributed by atoms with Crippen molar-refractivity contribution in [2.24, 2.45) is 0 Å². The third kappa shape index (κ3) is 4.78. The summed E-state index contributed by atoms with van der Waals surface area (Å²) >= 11 is 0. The number of carbonyl (C=O) groups excluding carboxylic acids is 1. The quantitative estimate of drug-likeness (QED) is 0.767. The first-order valence-electron chi connectivity index (χ1n) is 9.97. The summed E-state index contributed by atoms with van der Waals surface area (Å²) in [5.74, 6) is 0.644. The van der Waals surface area contributed by atoms with Crippen LogP contribution < -0.4 is 10.6 Å². The first kappa shape index (κ1) is 22.9. The molecule has 28 heavy (non-hydrogen) atoms. The molecule has 6 nitrogen and oxygen atoms in total. The summed E-state index contributed by atoms with van der Waals surface area (Å²) in [6, 6.07) is 2.51. The largest absolute Gasteiger partial charge is 0.353 e. The number of carbonyl (C=O) groups is 1. The molecule has 0 aromatic carbocycles. The van der Waals surface area contributed by atoms with Gasteiger partial charge in [-0.3, -0.25) is 4.79 Å². The Labute approximate surface area is 179 Å². The third-order valence-corrected chi connectivity index (χ3v) is 5.98. The molecule has 1 saturated carbocycles. The SMILES string of the molecule is Cc1nc2cc(C3CCNC3)nn2c(C)c1CCC(=O)NC1CCCC1.Cl.Cl. The monoisotopic (exact) mass is 427 g/mol. The minimum Gasteiger partial charge on any atom is -0.353 e.